The zero-order chi connectivity index (χ0) is 12.4. The predicted molar refractivity (Wildman–Crippen MR) is 67.8 cm³/mol. The maximum Gasteiger partial charge on any atom is 0.242 e. The van der Waals surface area contributed by atoms with Crippen molar-refractivity contribution in [3.8, 4) is 11.6 Å². The van der Waals surface area contributed by atoms with Crippen molar-refractivity contribution < 1.29 is 9.13 Å². The molecule has 17 heavy (non-hydrogen) atoms. The van der Waals surface area contributed by atoms with Crippen LogP contribution < -0.4 is 10.5 Å². The van der Waals surface area contributed by atoms with E-state index < -0.39 is 5.82 Å². The maximum atomic E-state index is 13.1. The molecule has 1 heterocycles. The minimum absolute atomic E-state index is 0.187. The number of aromatic nitrogens is 1. The average Bonchev–Trinajstić information content (AvgIpc) is 2.21. The Morgan fingerprint density at radius 1 is 1.29 bits per heavy atom. The summed E-state index contributed by atoms with van der Waals surface area (Å²) < 4.78 is 19.0. The summed E-state index contributed by atoms with van der Waals surface area (Å²) in [6, 6.07) is 5.68. The van der Waals surface area contributed by atoms with Gasteiger partial charge < -0.3 is 10.5 Å². The van der Waals surface area contributed by atoms with Gasteiger partial charge >= 0.3 is 0 Å². The van der Waals surface area contributed by atoms with E-state index in [1.807, 2.05) is 0 Å². The first-order valence-electron chi connectivity index (χ1n) is 4.59. The highest BCUT2D eigenvalue weighted by molar-refractivity contribution is 9.10. The monoisotopic (exact) mass is 316 g/mol. The van der Waals surface area contributed by atoms with Crippen LogP contribution in [0.4, 0.5) is 10.1 Å². The fourth-order valence-electron chi connectivity index (χ4n) is 1.23. The van der Waals surface area contributed by atoms with E-state index in [0.29, 0.717) is 15.2 Å². The normalized spacial score (nSPS) is 10.3. The van der Waals surface area contributed by atoms with E-state index in [9.17, 15) is 4.39 Å². The Morgan fingerprint density at radius 2 is 2.06 bits per heavy atom. The van der Waals surface area contributed by atoms with Crippen LogP contribution in [0.25, 0.3) is 0 Å². The van der Waals surface area contributed by atoms with Gasteiger partial charge in [0.05, 0.1) is 10.7 Å². The van der Waals surface area contributed by atoms with Crippen LogP contribution in [0.1, 0.15) is 0 Å². The Labute approximate surface area is 110 Å². The first kappa shape index (κ1) is 12.1. The van der Waals surface area contributed by atoms with Crippen molar-refractivity contribution in [3.05, 3.63) is 45.8 Å². The maximum absolute atomic E-state index is 13.1. The Morgan fingerprint density at radius 3 is 2.71 bits per heavy atom. The van der Waals surface area contributed by atoms with Crippen LogP contribution in [-0.2, 0) is 0 Å². The van der Waals surface area contributed by atoms with Crippen molar-refractivity contribution in [3.63, 3.8) is 0 Å². The summed E-state index contributed by atoms with van der Waals surface area (Å²) in [4.78, 5) is 3.92. The lowest BCUT2D eigenvalue weighted by Crippen LogP contribution is -1.95. The number of nitrogen functional groups attached to an aromatic ring is 1. The second-order valence-corrected chi connectivity index (χ2v) is 4.61. The molecule has 1 aromatic carbocycles. The highest BCUT2D eigenvalue weighted by atomic mass is 79.9. The molecule has 0 radical (unpaired) electrons. The second kappa shape index (κ2) is 4.89. The van der Waals surface area contributed by atoms with Gasteiger partial charge in [-0.05, 0) is 18.2 Å². The van der Waals surface area contributed by atoms with E-state index in [1.165, 1.54) is 24.4 Å². The van der Waals surface area contributed by atoms with Gasteiger partial charge in [0.25, 0.3) is 0 Å². The number of ether oxygens (including phenoxy) is 1. The van der Waals surface area contributed by atoms with Crippen molar-refractivity contribution in [2.24, 2.45) is 0 Å². The molecule has 0 saturated carbocycles. The molecule has 2 aromatic rings. The summed E-state index contributed by atoms with van der Waals surface area (Å²) in [7, 11) is 0. The van der Waals surface area contributed by atoms with Crippen molar-refractivity contribution >= 4 is 33.2 Å². The fourth-order valence-corrected chi connectivity index (χ4v) is 1.84. The Hall–Kier alpha value is -1.33. The lowest BCUT2D eigenvalue weighted by Gasteiger charge is -2.07. The molecular formula is C11H7BrClFN2O. The summed E-state index contributed by atoms with van der Waals surface area (Å²) in [6.07, 6.45) is 1.40. The van der Waals surface area contributed by atoms with Gasteiger partial charge in [0, 0.05) is 16.7 Å². The highest BCUT2D eigenvalue weighted by Crippen LogP contribution is 2.29. The molecule has 0 fully saturated rings. The third kappa shape index (κ3) is 3.08. The molecule has 2 rings (SSSR count). The van der Waals surface area contributed by atoms with E-state index in [2.05, 4.69) is 20.9 Å². The molecule has 1 aromatic heterocycles. The summed E-state index contributed by atoms with van der Waals surface area (Å²) in [5.41, 5.74) is 5.96. The van der Waals surface area contributed by atoms with E-state index in [4.69, 9.17) is 22.1 Å². The summed E-state index contributed by atoms with van der Waals surface area (Å²) in [5, 5.41) is 0.412. The number of halogens is 3. The van der Waals surface area contributed by atoms with Crippen molar-refractivity contribution in [1.82, 2.24) is 4.98 Å². The van der Waals surface area contributed by atoms with Crippen LogP contribution in [-0.4, -0.2) is 4.98 Å². The molecule has 0 unspecified atom stereocenters. The Kier molecular flexibility index (Phi) is 3.49. The number of hydrogen-bond donors (Lipinski definition) is 1. The number of pyridine rings is 1. The molecule has 0 aliphatic heterocycles. The van der Waals surface area contributed by atoms with Gasteiger partial charge in [0.1, 0.15) is 11.6 Å². The van der Waals surface area contributed by atoms with Gasteiger partial charge in [-0.1, -0.05) is 27.5 Å². The van der Waals surface area contributed by atoms with E-state index in [0.717, 1.165) is 0 Å². The van der Waals surface area contributed by atoms with Crippen LogP contribution >= 0.6 is 27.5 Å². The van der Waals surface area contributed by atoms with Crippen LogP contribution in [0, 0.1) is 5.82 Å². The molecule has 88 valence electrons. The lowest BCUT2D eigenvalue weighted by atomic mass is 10.3. The average molecular weight is 318 g/mol. The molecule has 3 nitrogen and oxygen atoms in total. The predicted octanol–water partition coefficient (Wildman–Crippen LogP) is 4.01. The van der Waals surface area contributed by atoms with Gasteiger partial charge in [-0.25, -0.2) is 9.37 Å². The Bertz CT molecular complexity index is 545. The Balaban J connectivity index is 2.31. The molecule has 0 amide bonds. The summed E-state index contributed by atoms with van der Waals surface area (Å²) in [6.45, 7) is 0. The van der Waals surface area contributed by atoms with Crippen molar-refractivity contribution in [2.45, 2.75) is 0 Å². The van der Waals surface area contributed by atoms with Gasteiger partial charge in [-0.15, -0.1) is 0 Å². The van der Waals surface area contributed by atoms with Crippen molar-refractivity contribution in [1.29, 1.82) is 0 Å². The van der Waals surface area contributed by atoms with Crippen molar-refractivity contribution in [2.75, 3.05) is 5.73 Å². The third-order valence-electron chi connectivity index (χ3n) is 1.90. The minimum Gasteiger partial charge on any atom is -0.437 e. The highest BCUT2D eigenvalue weighted by Gasteiger charge is 2.06. The number of nitrogens with zero attached hydrogens (tertiary/aromatic N) is 1. The van der Waals surface area contributed by atoms with Gasteiger partial charge in [0.15, 0.2) is 0 Å². The molecule has 0 aliphatic rings. The first-order chi connectivity index (χ1) is 8.04. The molecule has 2 N–H and O–H groups in total. The molecule has 0 aliphatic carbocycles. The molecule has 0 bridgehead atoms. The molecule has 0 spiro atoms. The van der Waals surface area contributed by atoms with E-state index in [-0.39, 0.29) is 11.6 Å². The number of anilines is 1. The van der Waals surface area contributed by atoms with Gasteiger partial charge in [-0.2, -0.15) is 0 Å². The minimum atomic E-state index is -0.415. The van der Waals surface area contributed by atoms with E-state index in [1.54, 1.807) is 6.07 Å². The van der Waals surface area contributed by atoms with Crippen LogP contribution in [0.15, 0.2) is 34.9 Å². The number of hydrogen-bond acceptors (Lipinski definition) is 3. The topological polar surface area (TPSA) is 48.1 Å². The first-order valence-corrected chi connectivity index (χ1v) is 5.76. The van der Waals surface area contributed by atoms with Gasteiger partial charge in [0.2, 0.25) is 5.88 Å². The number of nitrogens with two attached hydrogens (primary N) is 1. The van der Waals surface area contributed by atoms with Gasteiger partial charge in [-0.3, -0.25) is 0 Å². The number of benzene rings is 1. The smallest absolute Gasteiger partial charge is 0.242 e. The van der Waals surface area contributed by atoms with Crippen LogP contribution in [0.5, 0.6) is 11.6 Å². The molecule has 0 atom stereocenters. The summed E-state index contributed by atoms with van der Waals surface area (Å²) >= 11 is 8.87. The third-order valence-corrected chi connectivity index (χ3v) is 2.56. The second-order valence-electron chi connectivity index (χ2n) is 3.26. The van der Waals surface area contributed by atoms with Crippen LogP contribution in [0.2, 0.25) is 5.02 Å². The van der Waals surface area contributed by atoms with Crippen LogP contribution in [0.3, 0.4) is 0 Å². The standard InChI is InChI=1S/C11H7BrClFN2O/c12-6-1-8(14)4-9(2-6)17-11-10(15)3-7(13)5-16-11/h1-5H,15H2. The SMILES string of the molecule is Nc1cc(Cl)cnc1Oc1cc(F)cc(Br)c1. The van der Waals surface area contributed by atoms with E-state index >= 15 is 0 Å². The quantitative estimate of drug-likeness (QED) is 0.910. The molecule has 0 saturated heterocycles. The summed E-state index contributed by atoms with van der Waals surface area (Å²) in [5.74, 6) is 0.0761. The zero-order valence-electron chi connectivity index (χ0n) is 8.45. The largest absolute Gasteiger partial charge is 0.437 e. The molecular weight excluding hydrogens is 310 g/mol. The zero-order valence-corrected chi connectivity index (χ0v) is 10.8. The fraction of sp³-hybridized carbons (Fsp3) is 0. The molecule has 6 heteroatoms. The number of rotatable bonds is 2. The lowest BCUT2D eigenvalue weighted by molar-refractivity contribution is 0.460.